The van der Waals surface area contributed by atoms with Gasteiger partial charge in [0.2, 0.25) is 5.91 Å². The highest BCUT2D eigenvalue weighted by atomic mass is 32.2. The van der Waals surface area contributed by atoms with Gasteiger partial charge in [-0.1, -0.05) is 12.1 Å². The molecule has 3 rings (SSSR count). The molecule has 20 heavy (non-hydrogen) atoms. The zero-order valence-corrected chi connectivity index (χ0v) is 12.4. The van der Waals surface area contributed by atoms with Crippen LogP contribution in [0.15, 0.2) is 24.3 Å². The average molecular weight is 293 g/mol. The zero-order chi connectivity index (χ0) is 13.9. The molecule has 1 saturated carbocycles. The van der Waals surface area contributed by atoms with Crippen LogP contribution in [0, 0.1) is 5.92 Å². The fourth-order valence-corrected chi connectivity index (χ4v) is 3.50. The number of methoxy groups -OCH3 is 1. The van der Waals surface area contributed by atoms with Gasteiger partial charge in [0, 0.05) is 18.2 Å². The largest absolute Gasteiger partial charge is 0.493 e. The average Bonchev–Trinajstić information content (AvgIpc) is 3.23. The molecular weight excluding hydrogens is 274 g/mol. The Morgan fingerprint density at radius 2 is 2.10 bits per heavy atom. The summed E-state index contributed by atoms with van der Waals surface area (Å²) in [4.78, 5) is 14.2. The molecular formula is C15H19NO3S. The smallest absolute Gasteiger partial charge is 0.226 e. The molecule has 1 atom stereocenters. The first-order valence-electron chi connectivity index (χ1n) is 6.97. The molecule has 1 aliphatic heterocycles. The highest BCUT2D eigenvalue weighted by Crippen LogP contribution is 2.35. The number of nitrogens with zero attached hydrogens (tertiary/aromatic N) is 1. The molecule has 1 aromatic rings. The molecule has 0 aromatic heterocycles. The van der Waals surface area contributed by atoms with E-state index in [1.54, 1.807) is 18.9 Å². The molecule has 5 heteroatoms. The van der Waals surface area contributed by atoms with Gasteiger partial charge in [-0.25, -0.2) is 0 Å². The summed E-state index contributed by atoms with van der Waals surface area (Å²) in [6.45, 7) is 1.36. The molecule has 0 bridgehead atoms. The Hall–Kier alpha value is -1.36. The third-order valence-electron chi connectivity index (χ3n) is 3.65. The van der Waals surface area contributed by atoms with Crippen molar-refractivity contribution in [3.05, 3.63) is 24.3 Å². The number of carbonyl (C=O) groups excluding carboxylic acids is 1. The number of hydrogen-bond acceptors (Lipinski definition) is 4. The van der Waals surface area contributed by atoms with Gasteiger partial charge in [-0.15, -0.1) is 11.8 Å². The van der Waals surface area contributed by atoms with Crippen molar-refractivity contribution in [1.29, 1.82) is 0 Å². The van der Waals surface area contributed by atoms with E-state index in [4.69, 9.17) is 9.47 Å². The Kier molecular flexibility index (Phi) is 4.05. The van der Waals surface area contributed by atoms with Crippen LogP contribution in [0.4, 0.5) is 0 Å². The second-order valence-electron chi connectivity index (χ2n) is 5.09. The van der Waals surface area contributed by atoms with Crippen LogP contribution >= 0.6 is 11.8 Å². The van der Waals surface area contributed by atoms with Crippen LogP contribution < -0.4 is 9.47 Å². The third kappa shape index (κ3) is 2.87. The predicted molar refractivity (Wildman–Crippen MR) is 79.2 cm³/mol. The highest BCUT2D eigenvalue weighted by molar-refractivity contribution is 8.00. The van der Waals surface area contributed by atoms with Gasteiger partial charge in [-0.2, -0.15) is 0 Å². The van der Waals surface area contributed by atoms with Crippen molar-refractivity contribution in [2.24, 2.45) is 5.92 Å². The second-order valence-corrected chi connectivity index (χ2v) is 6.38. The topological polar surface area (TPSA) is 38.8 Å². The maximum Gasteiger partial charge on any atom is 0.226 e. The summed E-state index contributed by atoms with van der Waals surface area (Å²) in [7, 11) is 1.63. The quantitative estimate of drug-likeness (QED) is 0.835. The van der Waals surface area contributed by atoms with Crippen molar-refractivity contribution >= 4 is 17.7 Å². The van der Waals surface area contributed by atoms with E-state index in [1.807, 2.05) is 29.2 Å². The number of para-hydroxylation sites is 2. The van der Waals surface area contributed by atoms with E-state index in [-0.39, 0.29) is 11.3 Å². The van der Waals surface area contributed by atoms with E-state index in [0.29, 0.717) is 12.5 Å². The summed E-state index contributed by atoms with van der Waals surface area (Å²) in [5.41, 5.74) is 0. The van der Waals surface area contributed by atoms with Gasteiger partial charge in [0.25, 0.3) is 0 Å². The van der Waals surface area contributed by atoms with E-state index in [0.717, 1.165) is 36.6 Å². The van der Waals surface area contributed by atoms with Crippen molar-refractivity contribution in [1.82, 2.24) is 4.90 Å². The molecule has 108 valence electrons. The summed E-state index contributed by atoms with van der Waals surface area (Å²) in [6.07, 6.45) is 2.11. The lowest BCUT2D eigenvalue weighted by molar-refractivity contribution is -0.133. The van der Waals surface area contributed by atoms with Crippen LogP contribution in [0.25, 0.3) is 0 Å². The summed E-state index contributed by atoms with van der Waals surface area (Å²) in [6, 6.07) is 7.61. The summed E-state index contributed by atoms with van der Waals surface area (Å²) in [5.74, 6) is 3.06. The maximum atomic E-state index is 12.2. The third-order valence-corrected chi connectivity index (χ3v) is 4.84. The van der Waals surface area contributed by atoms with Crippen molar-refractivity contribution in [3.63, 3.8) is 0 Å². The molecule has 1 heterocycles. The molecule has 1 aliphatic carbocycles. The normalized spacial score (nSPS) is 21.9. The van der Waals surface area contributed by atoms with Gasteiger partial charge in [0.05, 0.1) is 7.11 Å². The lowest BCUT2D eigenvalue weighted by atomic mass is 10.3. The van der Waals surface area contributed by atoms with Gasteiger partial charge < -0.3 is 14.4 Å². The number of carbonyl (C=O) groups is 1. The van der Waals surface area contributed by atoms with E-state index < -0.39 is 0 Å². The Morgan fingerprint density at radius 3 is 2.80 bits per heavy atom. The number of hydrogen-bond donors (Lipinski definition) is 0. The molecule has 1 amide bonds. The predicted octanol–water partition coefficient (Wildman–Crippen LogP) is 2.39. The summed E-state index contributed by atoms with van der Waals surface area (Å²) >= 11 is 1.80. The molecule has 0 radical (unpaired) electrons. The standard InChI is InChI=1S/C15H19NO3S/c1-18-12-4-2-3-5-13(12)19-10-14-16(8-9-20-14)15(17)11-6-7-11/h2-5,11,14H,6-10H2,1H3. The number of amides is 1. The molecule has 1 unspecified atom stereocenters. The number of thioether (sulfide) groups is 1. The first-order chi connectivity index (χ1) is 9.79. The van der Waals surface area contributed by atoms with E-state index in [2.05, 4.69) is 0 Å². The summed E-state index contributed by atoms with van der Waals surface area (Å²) in [5, 5.41) is 0.132. The molecule has 1 aromatic carbocycles. The fraction of sp³-hybridized carbons (Fsp3) is 0.533. The summed E-state index contributed by atoms with van der Waals surface area (Å²) < 4.78 is 11.1. The van der Waals surface area contributed by atoms with Crippen LogP contribution in [0.2, 0.25) is 0 Å². The number of rotatable bonds is 5. The molecule has 2 fully saturated rings. The molecule has 2 aliphatic rings. The van der Waals surface area contributed by atoms with Gasteiger partial charge in [-0.05, 0) is 25.0 Å². The van der Waals surface area contributed by atoms with Crippen LogP contribution in [-0.2, 0) is 4.79 Å². The Bertz CT molecular complexity index is 490. The lowest BCUT2D eigenvalue weighted by Gasteiger charge is -2.24. The van der Waals surface area contributed by atoms with Crippen molar-refractivity contribution in [2.75, 3.05) is 26.0 Å². The van der Waals surface area contributed by atoms with Crippen LogP contribution in [0.1, 0.15) is 12.8 Å². The first-order valence-corrected chi connectivity index (χ1v) is 8.02. The maximum absolute atomic E-state index is 12.2. The van der Waals surface area contributed by atoms with E-state index >= 15 is 0 Å². The second kappa shape index (κ2) is 5.95. The first kappa shape index (κ1) is 13.6. The Balaban J connectivity index is 1.60. The van der Waals surface area contributed by atoms with Gasteiger partial charge in [0.15, 0.2) is 11.5 Å². The van der Waals surface area contributed by atoms with Gasteiger partial charge in [0.1, 0.15) is 12.0 Å². The lowest BCUT2D eigenvalue weighted by Crippen LogP contribution is -2.39. The van der Waals surface area contributed by atoms with Crippen LogP contribution in [-0.4, -0.2) is 42.2 Å². The molecule has 1 saturated heterocycles. The molecule has 0 N–H and O–H groups in total. The van der Waals surface area contributed by atoms with E-state index in [9.17, 15) is 4.79 Å². The highest BCUT2D eigenvalue weighted by Gasteiger charge is 2.38. The van der Waals surface area contributed by atoms with Crippen LogP contribution in [0.5, 0.6) is 11.5 Å². The molecule has 0 spiro atoms. The van der Waals surface area contributed by atoms with Crippen LogP contribution in [0.3, 0.4) is 0 Å². The zero-order valence-electron chi connectivity index (χ0n) is 11.6. The van der Waals surface area contributed by atoms with Crippen molar-refractivity contribution in [3.8, 4) is 11.5 Å². The monoisotopic (exact) mass is 293 g/mol. The minimum absolute atomic E-state index is 0.132. The number of ether oxygens (including phenoxy) is 2. The van der Waals surface area contributed by atoms with Crippen molar-refractivity contribution in [2.45, 2.75) is 18.2 Å². The van der Waals surface area contributed by atoms with E-state index in [1.165, 1.54) is 0 Å². The van der Waals surface area contributed by atoms with Gasteiger partial charge >= 0.3 is 0 Å². The SMILES string of the molecule is COc1ccccc1OCC1SCCN1C(=O)C1CC1. The minimum Gasteiger partial charge on any atom is -0.493 e. The number of benzene rings is 1. The minimum atomic E-state index is 0.132. The van der Waals surface area contributed by atoms with Gasteiger partial charge in [-0.3, -0.25) is 4.79 Å². The molecule has 4 nitrogen and oxygen atoms in total. The fourth-order valence-electron chi connectivity index (χ4n) is 2.38. The Morgan fingerprint density at radius 1 is 1.35 bits per heavy atom. The Labute approximate surface area is 123 Å². The van der Waals surface area contributed by atoms with Crippen molar-refractivity contribution < 1.29 is 14.3 Å².